The number of nitrogens with one attached hydrogen (secondary N) is 1. The third-order valence-electron chi connectivity index (χ3n) is 5.87. The Balaban J connectivity index is 1.26. The zero-order valence-electron chi connectivity index (χ0n) is 19.0. The number of nitrogens with zero attached hydrogens (tertiary/aromatic N) is 1. The second kappa shape index (κ2) is 9.57. The molecule has 6 rings (SSSR count). The zero-order valence-corrected chi connectivity index (χ0v) is 20.6. The molecule has 0 saturated heterocycles. The molecule has 0 saturated carbocycles. The number of carbonyl (C=O) groups is 1. The Morgan fingerprint density at radius 1 is 0.583 bits per heavy atom. The summed E-state index contributed by atoms with van der Waals surface area (Å²) < 4.78 is 0. The third kappa shape index (κ3) is 4.37. The van der Waals surface area contributed by atoms with E-state index in [0.717, 1.165) is 30.7 Å². The van der Waals surface area contributed by atoms with E-state index in [-0.39, 0.29) is 11.8 Å². The minimum absolute atomic E-state index is 0.0462. The first-order chi connectivity index (χ1) is 17.7. The van der Waals surface area contributed by atoms with Crippen molar-refractivity contribution in [2.75, 3.05) is 0 Å². The molecule has 36 heavy (non-hydrogen) atoms. The molecule has 5 aromatic rings. The highest BCUT2D eigenvalue weighted by atomic mass is 32.2. The van der Waals surface area contributed by atoms with Crippen LogP contribution in [0.15, 0.2) is 134 Å². The lowest BCUT2D eigenvalue weighted by atomic mass is 10.0. The molecule has 2 heterocycles. The molecule has 0 fully saturated rings. The molecule has 6 heteroatoms. The van der Waals surface area contributed by atoms with Gasteiger partial charge in [-0.3, -0.25) is 4.79 Å². The molecule has 0 aliphatic carbocycles. The van der Waals surface area contributed by atoms with Gasteiger partial charge in [0.15, 0.2) is 5.88 Å². The van der Waals surface area contributed by atoms with Gasteiger partial charge in [-0.1, -0.05) is 84.2 Å². The Kier molecular flexibility index (Phi) is 5.97. The van der Waals surface area contributed by atoms with Crippen LogP contribution in [-0.2, 0) is 0 Å². The van der Waals surface area contributed by atoms with Gasteiger partial charge in [0.1, 0.15) is 0 Å². The zero-order chi connectivity index (χ0) is 24.5. The Morgan fingerprint density at radius 2 is 1.06 bits per heavy atom. The SMILES string of the molecule is O=C1N=C(c2ccc(Sc3ccccc3)cc2)c2c(O)[nH]c(-c3ccc(Sc4ccccc4)cc3)c21. The first-order valence-corrected chi connectivity index (χ1v) is 13.0. The highest BCUT2D eigenvalue weighted by Gasteiger charge is 2.33. The van der Waals surface area contributed by atoms with E-state index in [2.05, 4.69) is 34.2 Å². The average Bonchev–Trinajstić information content (AvgIpc) is 3.44. The highest BCUT2D eigenvalue weighted by molar-refractivity contribution is 7.99. The van der Waals surface area contributed by atoms with Gasteiger partial charge in [0.25, 0.3) is 5.91 Å². The number of aliphatic imine (C=N–C) groups is 1. The minimum atomic E-state index is -0.350. The molecule has 174 valence electrons. The van der Waals surface area contributed by atoms with Gasteiger partial charge < -0.3 is 10.1 Å². The quantitative estimate of drug-likeness (QED) is 0.249. The summed E-state index contributed by atoms with van der Waals surface area (Å²) in [6.07, 6.45) is 0. The number of fused-ring (bicyclic) bond motifs is 1. The molecule has 0 spiro atoms. The number of amides is 1. The molecule has 2 N–H and O–H groups in total. The smallest absolute Gasteiger partial charge is 0.280 e. The van der Waals surface area contributed by atoms with Gasteiger partial charge in [0, 0.05) is 25.1 Å². The van der Waals surface area contributed by atoms with Crippen LogP contribution in [0.2, 0.25) is 0 Å². The number of aromatic amines is 1. The lowest BCUT2D eigenvalue weighted by molar-refractivity contribution is 0.101. The fourth-order valence-corrected chi connectivity index (χ4v) is 5.86. The van der Waals surface area contributed by atoms with E-state index in [1.165, 1.54) is 0 Å². The van der Waals surface area contributed by atoms with Crippen LogP contribution in [0.4, 0.5) is 0 Å². The van der Waals surface area contributed by atoms with Crippen molar-refractivity contribution < 1.29 is 9.90 Å². The Morgan fingerprint density at radius 3 is 1.58 bits per heavy atom. The molecule has 0 radical (unpaired) electrons. The molecule has 0 unspecified atom stereocenters. The molecule has 1 aromatic heterocycles. The van der Waals surface area contributed by atoms with Crippen LogP contribution in [0.3, 0.4) is 0 Å². The van der Waals surface area contributed by atoms with E-state index in [0.29, 0.717) is 22.5 Å². The second-order valence-corrected chi connectivity index (χ2v) is 10.5. The summed E-state index contributed by atoms with van der Waals surface area (Å²) >= 11 is 3.34. The number of rotatable bonds is 6. The van der Waals surface area contributed by atoms with Crippen molar-refractivity contribution in [1.82, 2.24) is 4.98 Å². The summed E-state index contributed by atoms with van der Waals surface area (Å²) in [5.74, 6) is -0.396. The molecule has 1 amide bonds. The van der Waals surface area contributed by atoms with Gasteiger partial charge in [0.2, 0.25) is 0 Å². The summed E-state index contributed by atoms with van der Waals surface area (Å²) in [6, 6.07) is 36.1. The van der Waals surface area contributed by atoms with E-state index in [4.69, 9.17) is 0 Å². The number of aromatic hydroxyl groups is 1. The Labute approximate surface area is 217 Å². The van der Waals surface area contributed by atoms with Crippen molar-refractivity contribution in [3.8, 4) is 17.1 Å². The van der Waals surface area contributed by atoms with Gasteiger partial charge in [-0.2, -0.15) is 0 Å². The summed E-state index contributed by atoms with van der Waals surface area (Å²) in [6.45, 7) is 0. The number of benzene rings is 4. The van der Waals surface area contributed by atoms with E-state index in [9.17, 15) is 9.90 Å². The summed E-state index contributed by atoms with van der Waals surface area (Å²) in [5.41, 5.74) is 3.55. The second-order valence-electron chi connectivity index (χ2n) is 8.24. The molecule has 1 aliphatic heterocycles. The molecule has 4 aromatic carbocycles. The van der Waals surface area contributed by atoms with Crippen LogP contribution >= 0.6 is 23.5 Å². The largest absolute Gasteiger partial charge is 0.494 e. The van der Waals surface area contributed by atoms with Crippen molar-refractivity contribution in [2.24, 2.45) is 4.99 Å². The van der Waals surface area contributed by atoms with Crippen LogP contribution < -0.4 is 0 Å². The molecular weight excluding hydrogens is 484 g/mol. The number of aromatic nitrogens is 1. The molecule has 4 nitrogen and oxygen atoms in total. The number of H-pyrrole nitrogens is 1. The number of hydrogen-bond donors (Lipinski definition) is 2. The van der Waals surface area contributed by atoms with Crippen molar-refractivity contribution in [3.63, 3.8) is 0 Å². The average molecular weight is 505 g/mol. The molecule has 1 aliphatic rings. The fraction of sp³-hybridized carbons (Fsp3) is 0. The monoisotopic (exact) mass is 504 g/mol. The lowest BCUT2D eigenvalue weighted by Crippen LogP contribution is -1.99. The predicted octanol–water partition coefficient (Wildman–Crippen LogP) is 7.68. The third-order valence-corrected chi connectivity index (χ3v) is 7.90. The first kappa shape index (κ1) is 22.5. The fourth-order valence-electron chi connectivity index (χ4n) is 4.19. The van der Waals surface area contributed by atoms with Crippen LogP contribution in [-0.4, -0.2) is 21.7 Å². The van der Waals surface area contributed by atoms with Gasteiger partial charge in [0.05, 0.1) is 22.5 Å². The summed E-state index contributed by atoms with van der Waals surface area (Å²) in [7, 11) is 0. The van der Waals surface area contributed by atoms with Crippen molar-refractivity contribution >= 4 is 35.1 Å². The van der Waals surface area contributed by atoms with E-state index >= 15 is 0 Å². The van der Waals surface area contributed by atoms with E-state index < -0.39 is 0 Å². The maximum absolute atomic E-state index is 12.9. The topological polar surface area (TPSA) is 65.4 Å². The summed E-state index contributed by atoms with van der Waals surface area (Å²) in [4.78, 5) is 24.8. The molecular formula is C30H20N2O2S2. The van der Waals surface area contributed by atoms with Crippen molar-refractivity contribution in [1.29, 1.82) is 0 Å². The molecule has 0 bridgehead atoms. The Hall–Kier alpha value is -4.00. The van der Waals surface area contributed by atoms with Crippen LogP contribution in [0.1, 0.15) is 21.5 Å². The number of carbonyl (C=O) groups excluding carboxylic acids is 1. The van der Waals surface area contributed by atoms with Gasteiger partial charge in [-0.25, -0.2) is 4.99 Å². The maximum Gasteiger partial charge on any atom is 0.280 e. The normalized spacial score (nSPS) is 12.4. The minimum Gasteiger partial charge on any atom is -0.494 e. The summed E-state index contributed by atoms with van der Waals surface area (Å²) in [5, 5.41) is 10.8. The van der Waals surface area contributed by atoms with Crippen LogP contribution in [0, 0.1) is 0 Å². The lowest BCUT2D eigenvalue weighted by Gasteiger charge is -2.05. The first-order valence-electron chi connectivity index (χ1n) is 11.4. The Bertz CT molecular complexity index is 1570. The van der Waals surface area contributed by atoms with Crippen LogP contribution in [0.5, 0.6) is 5.88 Å². The highest BCUT2D eigenvalue weighted by Crippen LogP contribution is 2.39. The van der Waals surface area contributed by atoms with Gasteiger partial charge >= 0.3 is 0 Å². The van der Waals surface area contributed by atoms with Gasteiger partial charge in [-0.05, 0) is 54.1 Å². The van der Waals surface area contributed by atoms with Crippen molar-refractivity contribution in [3.05, 3.63) is 126 Å². The van der Waals surface area contributed by atoms with E-state index in [1.807, 2.05) is 84.9 Å². The van der Waals surface area contributed by atoms with E-state index in [1.54, 1.807) is 23.5 Å². The van der Waals surface area contributed by atoms with Crippen molar-refractivity contribution in [2.45, 2.75) is 19.6 Å². The predicted molar refractivity (Wildman–Crippen MR) is 145 cm³/mol. The number of hydrogen-bond acceptors (Lipinski definition) is 4. The standard InChI is InChI=1S/C30H20N2O2S2/c33-29-25-26(28(32-29)20-13-17-24(18-14-20)36-22-9-5-2-6-10-22)30(34)31-27(25)19-11-15-23(16-12-19)35-21-7-3-1-4-8-21/h1-18,31,34H. The maximum atomic E-state index is 12.9. The molecule has 0 atom stereocenters. The van der Waals surface area contributed by atoms with Gasteiger partial charge in [-0.15, -0.1) is 0 Å². The van der Waals surface area contributed by atoms with Crippen LogP contribution in [0.25, 0.3) is 11.3 Å².